The van der Waals surface area contributed by atoms with Gasteiger partial charge in [0.15, 0.2) is 11.7 Å². The van der Waals surface area contributed by atoms with E-state index in [0.29, 0.717) is 17.0 Å². The number of hydrogen-bond acceptors (Lipinski definition) is 5. The summed E-state index contributed by atoms with van der Waals surface area (Å²) < 4.78 is 10.5. The Kier molecular flexibility index (Phi) is 4.83. The van der Waals surface area contributed by atoms with E-state index in [2.05, 4.69) is 10.3 Å². The van der Waals surface area contributed by atoms with E-state index < -0.39 is 12.1 Å². The van der Waals surface area contributed by atoms with Crippen LogP contribution in [-0.4, -0.2) is 28.5 Å². The van der Waals surface area contributed by atoms with E-state index in [1.165, 1.54) is 19.1 Å². The predicted molar refractivity (Wildman–Crippen MR) is 86.5 cm³/mol. The zero-order chi connectivity index (χ0) is 17.0. The first-order chi connectivity index (χ1) is 10.7. The summed E-state index contributed by atoms with van der Waals surface area (Å²) in [4.78, 5) is 27.8. The van der Waals surface area contributed by atoms with Crippen LogP contribution in [0.25, 0.3) is 17.2 Å². The molecular formula is C17H20N2O4. The molecule has 1 heterocycles. The molecule has 1 aromatic carbocycles. The lowest BCUT2D eigenvalue weighted by Gasteiger charge is -2.22. The Hall–Kier alpha value is -2.63. The highest BCUT2D eigenvalue weighted by Gasteiger charge is 2.21. The van der Waals surface area contributed by atoms with Gasteiger partial charge in [-0.05, 0) is 39.8 Å². The van der Waals surface area contributed by atoms with Gasteiger partial charge in [-0.1, -0.05) is 12.1 Å². The Morgan fingerprint density at radius 2 is 2.00 bits per heavy atom. The molecule has 0 aliphatic carbocycles. The standard InChI is InChI=1S/C17H20N2O4/c1-11(16(21)19-17(2,3)4)22-15(20)10-9-14-18-12-7-5-6-8-13(12)23-14/h5-11H,1-4H3,(H,19,21)/b10-9+/t11-/m1/s1. The SMILES string of the molecule is C[C@@H](OC(=O)/C=C/c1nc2ccccc2o1)C(=O)NC(C)(C)C. The summed E-state index contributed by atoms with van der Waals surface area (Å²) in [6.07, 6.45) is 1.72. The maximum atomic E-state index is 11.8. The minimum atomic E-state index is -0.880. The van der Waals surface area contributed by atoms with Crippen LogP contribution in [0.5, 0.6) is 0 Å². The lowest BCUT2D eigenvalue weighted by atomic mass is 10.1. The third-order valence-corrected chi connectivity index (χ3v) is 2.83. The number of nitrogens with zero attached hydrogens (tertiary/aromatic N) is 1. The number of nitrogens with one attached hydrogen (secondary N) is 1. The van der Waals surface area contributed by atoms with E-state index in [1.807, 2.05) is 39.0 Å². The molecule has 2 aromatic rings. The van der Waals surface area contributed by atoms with Gasteiger partial charge in [-0.25, -0.2) is 9.78 Å². The fourth-order valence-electron chi connectivity index (χ4n) is 1.84. The van der Waals surface area contributed by atoms with Crippen molar-refractivity contribution in [3.63, 3.8) is 0 Å². The quantitative estimate of drug-likeness (QED) is 0.693. The number of oxazole rings is 1. The maximum Gasteiger partial charge on any atom is 0.331 e. The van der Waals surface area contributed by atoms with E-state index in [9.17, 15) is 9.59 Å². The van der Waals surface area contributed by atoms with Crippen LogP contribution in [0.1, 0.15) is 33.6 Å². The number of amides is 1. The van der Waals surface area contributed by atoms with Gasteiger partial charge >= 0.3 is 5.97 Å². The lowest BCUT2D eigenvalue weighted by molar-refractivity contribution is -0.150. The molecule has 0 aliphatic rings. The van der Waals surface area contributed by atoms with Crippen molar-refractivity contribution in [2.45, 2.75) is 39.3 Å². The number of carbonyl (C=O) groups excluding carboxylic acids is 2. The molecule has 0 spiro atoms. The smallest absolute Gasteiger partial charge is 0.331 e. The number of fused-ring (bicyclic) bond motifs is 1. The summed E-state index contributed by atoms with van der Waals surface area (Å²) in [5, 5.41) is 2.74. The minimum Gasteiger partial charge on any atom is -0.449 e. The summed E-state index contributed by atoms with van der Waals surface area (Å²) in [5.74, 6) is -0.681. The van der Waals surface area contributed by atoms with Gasteiger partial charge < -0.3 is 14.5 Å². The van der Waals surface area contributed by atoms with Crippen molar-refractivity contribution >= 4 is 29.1 Å². The van der Waals surface area contributed by atoms with Gasteiger partial charge in [-0.3, -0.25) is 4.79 Å². The van der Waals surface area contributed by atoms with Crippen molar-refractivity contribution in [2.75, 3.05) is 0 Å². The van der Waals surface area contributed by atoms with Crippen LogP contribution in [0, 0.1) is 0 Å². The molecule has 1 amide bonds. The number of para-hydroxylation sites is 2. The number of ether oxygens (including phenoxy) is 1. The first-order valence-corrected chi connectivity index (χ1v) is 7.31. The average molecular weight is 316 g/mol. The second-order valence-corrected chi connectivity index (χ2v) is 6.17. The Bertz CT molecular complexity index is 707. The Balaban J connectivity index is 1.94. The molecule has 23 heavy (non-hydrogen) atoms. The number of hydrogen-bond donors (Lipinski definition) is 1. The second kappa shape index (κ2) is 6.64. The van der Waals surface area contributed by atoms with Crippen molar-refractivity contribution in [1.82, 2.24) is 10.3 Å². The minimum absolute atomic E-state index is 0.301. The third-order valence-electron chi connectivity index (χ3n) is 2.83. The summed E-state index contributed by atoms with van der Waals surface area (Å²) in [6, 6.07) is 7.29. The molecule has 1 aromatic heterocycles. The summed E-state index contributed by atoms with van der Waals surface area (Å²) in [6.45, 7) is 7.08. The highest BCUT2D eigenvalue weighted by atomic mass is 16.5. The van der Waals surface area contributed by atoms with E-state index >= 15 is 0 Å². The Labute approximate surface area is 134 Å². The van der Waals surface area contributed by atoms with Crippen molar-refractivity contribution in [2.24, 2.45) is 0 Å². The number of esters is 1. The van der Waals surface area contributed by atoms with Crippen molar-refractivity contribution < 1.29 is 18.7 Å². The molecule has 1 atom stereocenters. The molecule has 0 fully saturated rings. The second-order valence-electron chi connectivity index (χ2n) is 6.17. The van der Waals surface area contributed by atoms with Gasteiger partial charge in [0.1, 0.15) is 5.52 Å². The zero-order valence-electron chi connectivity index (χ0n) is 13.6. The molecule has 6 nitrogen and oxygen atoms in total. The molecule has 0 radical (unpaired) electrons. The number of aromatic nitrogens is 1. The van der Waals surface area contributed by atoms with Crippen molar-refractivity contribution in [3.05, 3.63) is 36.2 Å². The van der Waals surface area contributed by atoms with E-state index in [4.69, 9.17) is 9.15 Å². The third kappa shape index (κ3) is 4.95. The summed E-state index contributed by atoms with van der Waals surface area (Å²) >= 11 is 0. The Morgan fingerprint density at radius 3 is 2.65 bits per heavy atom. The molecule has 0 saturated carbocycles. The maximum absolute atomic E-state index is 11.8. The highest BCUT2D eigenvalue weighted by molar-refractivity contribution is 5.90. The van der Waals surface area contributed by atoms with Gasteiger partial charge in [0.25, 0.3) is 5.91 Å². The number of rotatable bonds is 4. The van der Waals surface area contributed by atoms with E-state index in [0.717, 1.165) is 0 Å². The predicted octanol–water partition coefficient (Wildman–Crippen LogP) is 2.69. The summed E-state index contributed by atoms with van der Waals surface area (Å²) in [5.41, 5.74) is 0.961. The zero-order valence-corrected chi connectivity index (χ0v) is 13.6. The molecule has 0 saturated heterocycles. The fourth-order valence-corrected chi connectivity index (χ4v) is 1.84. The Morgan fingerprint density at radius 1 is 1.30 bits per heavy atom. The molecule has 0 bridgehead atoms. The van der Waals surface area contributed by atoms with Gasteiger partial charge in [0.05, 0.1) is 0 Å². The largest absolute Gasteiger partial charge is 0.449 e. The molecule has 6 heteroatoms. The monoisotopic (exact) mass is 316 g/mol. The van der Waals surface area contributed by atoms with Gasteiger partial charge in [0, 0.05) is 17.7 Å². The highest BCUT2D eigenvalue weighted by Crippen LogP contribution is 2.15. The van der Waals surface area contributed by atoms with Crippen molar-refractivity contribution in [3.8, 4) is 0 Å². The van der Waals surface area contributed by atoms with Crippen LogP contribution in [0.2, 0.25) is 0 Å². The topological polar surface area (TPSA) is 81.4 Å². The van der Waals surface area contributed by atoms with E-state index in [1.54, 1.807) is 6.07 Å². The van der Waals surface area contributed by atoms with E-state index in [-0.39, 0.29) is 11.4 Å². The molecular weight excluding hydrogens is 296 g/mol. The lowest BCUT2D eigenvalue weighted by Crippen LogP contribution is -2.46. The van der Waals surface area contributed by atoms with Crippen molar-refractivity contribution in [1.29, 1.82) is 0 Å². The normalized spacial score (nSPS) is 13.2. The van der Waals surface area contributed by atoms with Crippen LogP contribution in [0.4, 0.5) is 0 Å². The van der Waals surface area contributed by atoms with Crippen LogP contribution in [0.3, 0.4) is 0 Å². The molecule has 1 N–H and O–H groups in total. The fraction of sp³-hybridized carbons (Fsp3) is 0.353. The van der Waals surface area contributed by atoms with Gasteiger partial charge in [0.2, 0.25) is 5.89 Å². The number of benzene rings is 1. The number of carbonyl (C=O) groups is 2. The van der Waals surface area contributed by atoms with Crippen LogP contribution in [-0.2, 0) is 14.3 Å². The first kappa shape index (κ1) is 16.7. The summed E-state index contributed by atoms with van der Waals surface area (Å²) in [7, 11) is 0. The van der Waals surface area contributed by atoms with Gasteiger partial charge in [-0.15, -0.1) is 0 Å². The average Bonchev–Trinajstić information content (AvgIpc) is 2.86. The van der Waals surface area contributed by atoms with Crippen LogP contribution >= 0.6 is 0 Å². The van der Waals surface area contributed by atoms with Crippen LogP contribution < -0.4 is 5.32 Å². The first-order valence-electron chi connectivity index (χ1n) is 7.31. The van der Waals surface area contributed by atoms with Crippen LogP contribution in [0.15, 0.2) is 34.8 Å². The molecule has 0 aliphatic heterocycles. The molecule has 2 rings (SSSR count). The molecule has 0 unspecified atom stereocenters. The molecule has 122 valence electrons. The van der Waals surface area contributed by atoms with Gasteiger partial charge in [-0.2, -0.15) is 0 Å².